The van der Waals surface area contributed by atoms with Crippen molar-refractivity contribution in [2.24, 2.45) is 11.8 Å². The predicted octanol–water partition coefficient (Wildman–Crippen LogP) is 2.95. The van der Waals surface area contributed by atoms with Gasteiger partial charge in [-0.25, -0.2) is 4.79 Å². The van der Waals surface area contributed by atoms with Gasteiger partial charge >= 0.3 is 6.09 Å². The summed E-state index contributed by atoms with van der Waals surface area (Å²) >= 11 is 0. The van der Waals surface area contributed by atoms with Gasteiger partial charge in [0.1, 0.15) is 5.60 Å². The second kappa shape index (κ2) is 8.52. The van der Waals surface area contributed by atoms with E-state index in [-0.39, 0.29) is 6.09 Å². The topological polar surface area (TPSA) is 44.8 Å². The van der Waals surface area contributed by atoms with Crippen LogP contribution in [0.1, 0.15) is 53.4 Å². The molecule has 140 valence electrons. The van der Waals surface area contributed by atoms with Crippen molar-refractivity contribution in [2.75, 3.05) is 39.8 Å². The molecule has 0 aromatic carbocycles. The lowest BCUT2D eigenvalue weighted by atomic mass is 9.90. The third-order valence-corrected chi connectivity index (χ3v) is 5.43. The Labute approximate surface area is 148 Å². The molecule has 0 radical (unpaired) electrons. The van der Waals surface area contributed by atoms with E-state index in [0.29, 0.717) is 12.0 Å². The SMILES string of the molecule is CC(NCCC1CCN(C(=O)OC(C)(C)C)C1)C1CCN(C)CC1. The quantitative estimate of drug-likeness (QED) is 0.836. The minimum atomic E-state index is -0.403. The fourth-order valence-corrected chi connectivity index (χ4v) is 3.77. The van der Waals surface area contributed by atoms with Gasteiger partial charge in [-0.2, -0.15) is 0 Å². The molecule has 0 aliphatic carbocycles. The van der Waals surface area contributed by atoms with Gasteiger partial charge in [-0.1, -0.05) is 0 Å². The number of nitrogens with one attached hydrogen (secondary N) is 1. The number of piperidine rings is 1. The van der Waals surface area contributed by atoms with E-state index in [1.54, 1.807) is 0 Å². The molecule has 24 heavy (non-hydrogen) atoms. The molecule has 2 atom stereocenters. The molecule has 0 saturated carbocycles. The Morgan fingerprint density at radius 3 is 2.50 bits per heavy atom. The van der Waals surface area contributed by atoms with Crippen molar-refractivity contribution in [1.29, 1.82) is 0 Å². The highest BCUT2D eigenvalue weighted by atomic mass is 16.6. The smallest absolute Gasteiger partial charge is 0.410 e. The lowest BCUT2D eigenvalue weighted by molar-refractivity contribution is 0.0287. The van der Waals surface area contributed by atoms with Crippen LogP contribution in [0.5, 0.6) is 0 Å². The average molecular weight is 340 g/mol. The van der Waals surface area contributed by atoms with Crippen molar-refractivity contribution in [2.45, 2.75) is 65.0 Å². The number of ether oxygens (including phenoxy) is 1. The van der Waals surface area contributed by atoms with Crippen molar-refractivity contribution in [3.8, 4) is 0 Å². The van der Waals surface area contributed by atoms with Gasteiger partial charge in [0.25, 0.3) is 0 Å². The number of likely N-dealkylation sites (tertiary alicyclic amines) is 2. The molecule has 2 unspecified atom stereocenters. The second-order valence-corrected chi connectivity index (χ2v) is 8.75. The number of amides is 1. The molecular formula is C19H37N3O2. The summed E-state index contributed by atoms with van der Waals surface area (Å²) in [6, 6.07) is 0.599. The Balaban J connectivity index is 1.62. The summed E-state index contributed by atoms with van der Waals surface area (Å²) in [6.07, 6.45) is 4.71. The molecule has 0 aromatic heterocycles. The van der Waals surface area contributed by atoms with E-state index < -0.39 is 5.60 Å². The van der Waals surface area contributed by atoms with Gasteiger partial charge in [0.2, 0.25) is 0 Å². The summed E-state index contributed by atoms with van der Waals surface area (Å²) < 4.78 is 5.47. The number of hydrogen-bond donors (Lipinski definition) is 1. The van der Waals surface area contributed by atoms with Crippen molar-refractivity contribution in [1.82, 2.24) is 15.1 Å². The van der Waals surface area contributed by atoms with Crippen molar-refractivity contribution in [3.63, 3.8) is 0 Å². The van der Waals surface area contributed by atoms with Crippen LogP contribution < -0.4 is 5.32 Å². The first-order valence-corrected chi connectivity index (χ1v) is 9.64. The van der Waals surface area contributed by atoms with Crippen LogP contribution in [-0.4, -0.2) is 67.3 Å². The van der Waals surface area contributed by atoms with Gasteiger partial charge in [-0.15, -0.1) is 0 Å². The summed E-state index contributed by atoms with van der Waals surface area (Å²) in [5, 5.41) is 3.72. The van der Waals surface area contributed by atoms with Crippen LogP contribution in [0.3, 0.4) is 0 Å². The van der Waals surface area contributed by atoms with Crippen LogP contribution in [0, 0.1) is 11.8 Å². The van der Waals surface area contributed by atoms with E-state index in [2.05, 4.69) is 24.2 Å². The molecule has 5 nitrogen and oxygen atoms in total. The molecule has 1 amide bonds. The van der Waals surface area contributed by atoms with Crippen LogP contribution in [0.2, 0.25) is 0 Å². The molecule has 2 saturated heterocycles. The third-order valence-electron chi connectivity index (χ3n) is 5.43. The maximum absolute atomic E-state index is 12.1. The average Bonchev–Trinajstić information content (AvgIpc) is 2.95. The van der Waals surface area contributed by atoms with Gasteiger partial charge in [0.05, 0.1) is 0 Å². The summed E-state index contributed by atoms with van der Waals surface area (Å²) in [5.41, 5.74) is -0.403. The Morgan fingerprint density at radius 1 is 1.21 bits per heavy atom. The van der Waals surface area contributed by atoms with Crippen molar-refractivity contribution >= 4 is 6.09 Å². The van der Waals surface area contributed by atoms with E-state index in [9.17, 15) is 4.79 Å². The molecule has 0 aromatic rings. The number of rotatable bonds is 5. The molecule has 2 rings (SSSR count). The standard InChI is InChI=1S/C19H37N3O2/c1-15(17-8-11-21(5)12-9-17)20-10-6-16-7-13-22(14-16)18(23)24-19(2,3)4/h15-17,20H,6-14H2,1-5H3. The highest BCUT2D eigenvalue weighted by Crippen LogP contribution is 2.23. The van der Waals surface area contributed by atoms with E-state index >= 15 is 0 Å². The molecule has 0 spiro atoms. The Kier molecular flexibility index (Phi) is 6.93. The first-order valence-electron chi connectivity index (χ1n) is 9.64. The van der Waals surface area contributed by atoms with E-state index in [1.165, 1.54) is 25.9 Å². The van der Waals surface area contributed by atoms with Gasteiger partial charge in [0, 0.05) is 19.1 Å². The number of nitrogens with zero attached hydrogens (tertiary/aromatic N) is 2. The molecule has 2 aliphatic heterocycles. The van der Waals surface area contributed by atoms with E-state index in [0.717, 1.165) is 38.4 Å². The summed E-state index contributed by atoms with van der Waals surface area (Å²) in [4.78, 5) is 16.4. The third kappa shape index (κ3) is 6.25. The van der Waals surface area contributed by atoms with E-state index in [1.807, 2.05) is 25.7 Å². The van der Waals surface area contributed by atoms with Crippen LogP contribution in [0.25, 0.3) is 0 Å². The van der Waals surface area contributed by atoms with Crippen LogP contribution >= 0.6 is 0 Å². The highest BCUT2D eigenvalue weighted by molar-refractivity contribution is 5.68. The van der Waals surface area contributed by atoms with Gasteiger partial charge < -0.3 is 19.9 Å². The number of hydrogen-bond acceptors (Lipinski definition) is 4. The first-order chi connectivity index (χ1) is 11.2. The molecular weight excluding hydrogens is 302 g/mol. The minimum Gasteiger partial charge on any atom is -0.444 e. The molecule has 2 fully saturated rings. The monoisotopic (exact) mass is 339 g/mol. The van der Waals surface area contributed by atoms with Gasteiger partial charge in [-0.3, -0.25) is 0 Å². The zero-order valence-electron chi connectivity index (χ0n) is 16.3. The largest absolute Gasteiger partial charge is 0.444 e. The highest BCUT2D eigenvalue weighted by Gasteiger charge is 2.29. The number of carbonyl (C=O) groups excluding carboxylic acids is 1. The van der Waals surface area contributed by atoms with E-state index in [4.69, 9.17) is 4.74 Å². The minimum absolute atomic E-state index is 0.155. The predicted molar refractivity (Wildman–Crippen MR) is 98.2 cm³/mol. The molecule has 0 bridgehead atoms. The van der Waals surface area contributed by atoms with Crippen molar-refractivity contribution in [3.05, 3.63) is 0 Å². The molecule has 2 aliphatic rings. The van der Waals surface area contributed by atoms with Gasteiger partial charge in [0.15, 0.2) is 0 Å². The zero-order chi connectivity index (χ0) is 17.7. The number of carbonyl (C=O) groups is 1. The maximum atomic E-state index is 12.1. The maximum Gasteiger partial charge on any atom is 0.410 e. The lowest BCUT2D eigenvalue weighted by Crippen LogP contribution is -2.41. The van der Waals surface area contributed by atoms with Gasteiger partial charge in [-0.05, 0) is 91.9 Å². The molecule has 1 N–H and O–H groups in total. The van der Waals surface area contributed by atoms with Crippen LogP contribution in [0.4, 0.5) is 4.79 Å². The lowest BCUT2D eigenvalue weighted by Gasteiger charge is -2.33. The Bertz CT molecular complexity index is 400. The first kappa shape index (κ1) is 19.5. The normalized spacial score (nSPS) is 25.0. The Morgan fingerprint density at radius 2 is 1.88 bits per heavy atom. The second-order valence-electron chi connectivity index (χ2n) is 8.75. The molecule has 5 heteroatoms. The molecule has 2 heterocycles. The zero-order valence-corrected chi connectivity index (χ0v) is 16.3. The summed E-state index contributed by atoms with van der Waals surface area (Å²) in [7, 11) is 2.21. The van der Waals surface area contributed by atoms with Crippen LogP contribution in [-0.2, 0) is 4.74 Å². The summed E-state index contributed by atoms with van der Waals surface area (Å²) in [5.74, 6) is 1.41. The van der Waals surface area contributed by atoms with Crippen LogP contribution in [0.15, 0.2) is 0 Å². The van der Waals surface area contributed by atoms with Crippen molar-refractivity contribution < 1.29 is 9.53 Å². The Hall–Kier alpha value is -0.810. The summed E-state index contributed by atoms with van der Waals surface area (Å²) in [6.45, 7) is 13.3. The fraction of sp³-hybridized carbons (Fsp3) is 0.947. The fourth-order valence-electron chi connectivity index (χ4n) is 3.77.